The summed E-state index contributed by atoms with van der Waals surface area (Å²) < 4.78 is 54.7. The Morgan fingerprint density at radius 1 is 0.927 bits per heavy atom. The van der Waals surface area contributed by atoms with Gasteiger partial charge >= 0.3 is 18.3 Å². The van der Waals surface area contributed by atoms with E-state index in [0.29, 0.717) is 11.5 Å². The molecule has 2 aliphatic rings. The minimum Gasteiger partial charge on any atom is -0.444 e. The Balaban J connectivity index is 1.51. The number of anilines is 1. The van der Waals surface area contributed by atoms with Gasteiger partial charge < -0.3 is 30.0 Å². The van der Waals surface area contributed by atoms with Crippen molar-refractivity contribution < 1.29 is 36.7 Å². The largest absolute Gasteiger partial charge is 0.444 e. The van der Waals surface area contributed by atoms with Gasteiger partial charge in [0.05, 0.1) is 19.2 Å². The summed E-state index contributed by atoms with van der Waals surface area (Å²) >= 11 is 0. The number of aromatic nitrogens is 1. The van der Waals surface area contributed by atoms with Crippen molar-refractivity contribution in [2.75, 3.05) is 18.5 Å². The summed E-state index contributed by atoms with van der Waals surface area (Å²) in [5, 5.41) is 9.21. The van der Waals surface area contributed by atoms with Crippen LogP contribution in [0.15, 0.2) is 79.0 Å². The Morgan fingerprint density at radius 2 is 1.51 bits per heavy atom. The van der Waals surface area contributed by atoms with Crippen molar-refractivity contribution in [3.05, 3.63) is 84.6 Å². The lowest BCUT2D eigenvalue weighted by molar-refractivity contribution is -0.150. The molecule has 10 nitrogen and oxygen atoms in total. The molecule has 14 heteroatoms. The first-order valence-corrected chi connectivity index (χ1v) is 20.8. The minimum atomic E-state index is -4.67. The number of benzene rings is 2. The molecule has 1 unspecified atom stereocenters. The molecule has 0 radical (unpaired) electrons. The molecule has 3 aromatic rings. The van der Waals surface area contributed by atoms with E-state index in [0.717, 1.165) is 41.0 Å². The average Bonchev–Trinajstić information content (AvgIpc) is 3.51. The van der Waals surface area contributed by atoms with E-state index in [4.69, 9.17) is 9.16 Å². The third-order valence-corrected chi connectivity index (χ3v) is 15.5. The van der Waals surface area contributed by atoms with Crippen LogP contribution in [0, 0.1) is 11.8 Å². The van der Waals surface area contributed by atoms with Gasteiger partial charge in [0.15, 0.2) is 0 Å². The third-order valence-electron chi connectivity index (χ3n) is 10.5. The van der Waals surface area contributed by atoms with Crippen LogP contribution >= 0.6 is 0 Å². The molecule has 4 amide bonds. The van der Waals surface area contributed by atoms with Crippen LogP contribution < -0.4 is 26.3 Å². The molecular formula is C41H54F3N5O5Si. The molecule has 2 aromatic carbocycles. The summed E-state index contributed by atoms with van der Waals surface area (Å²) in [5.41, 5.74) is -0.356. The topological polar surface area (TPSA) is 122 Å². The number of hydrogen-bond acceptors (Lipinski definition) is 6. The Morgan fingerprint density at radius 3 is 2.02 bits per heavy atom. The van der Waals surface area contributed by atoms with Crippen molar-refractivity contribution in [3.8, 4) is 0 Å². The number of halogens is 3. The number of carbonyl (C=O) groups is 3. The van der Waals surface area contributed by atoms with Crippen molar-refractivity contribution in [1.29, 1.82) is 0 Å². The monoisotopic (exact) mass is 781 g/mol. The van der Waals surface area contributed by atoms with Gasteiger partial charge in [-0.05, 0) is 78.6 Å². The zero-order valence-electron chi connectivity index (χ0n) is 32.7. The van der Waals surface area contributed by atoms with E-state index in [2.05, 4.69) is 48.6 Å². The van der Waals surface area contributed by atoms with Gasteiger partial charge in [0.1, 0.15) is 23.5 Å². The summed E-state index contributed by atoms with van der Waals surface area (Å²) in [6.45, 7) is 12.9. The second-order valence-corrected chi connectivity index (χ2v) is 21.1. The number of carbonyl (C=O) groups excluding carboxylic acids is 3. The molecule has 2 fully saturated rings. The maximum Gasteiger partial charge on any atom is 0.410 e. The second-order valence-electron chi connectivity index (χ2n) is 16.8. The van der Waals surface area contributed by atoms with E-state index in [-0.39, 0.29) is 18.3 Å². The lowest BCUT2D eigenvalue weighted by atomic mass is 9.79. The van der Waals surface area contributed by atoms with Gasteiger partial charge in [-0.25, -0.2) is 14.6 Å². The highest BCUT2D eigenvalue weighted by atomic mass is 28.4. The molecular weight excluding hydrogens is 728 g/mol. The van der Waals surface area contributed by atoms with Gasteiger partial charge in [-0.2, -0.15) is 13.2 Å². The van der Waals surface area contributed by atoms with Gasteiger partial charge in [0.25, 0.3) is 8.32 Å². The molecule has 3 N–H and O–H groups in total. The van der Waals surface area contributed by atoms with Crippen LogP contribution in [-0.4, -0.2) is 73.2 Å². The van der Waals surface area contributed by atoms with E-state index in [1.165, 1.54) is 6.20 Å². The molecule has 1 aliphatic heterocycles. The van der Waals surface area contributed by atoms with Crippen LogP contribution in [0.5, 0.6) is 0 Å². The van der Waals surface area contributed by atoms with Crippen molar-refractivity contribution in [2.45, 2.75) is 109 Å². The molecule has 2 heterocycles. The van der Waals surface area contributed by atoms with Crippen LogP contribution in [0.4, 0.5) is 28.6 Å². The molecule has 298 valence electrons. The summed E-state index contributed by atoms with van der Waals surface area (Å²) in [7, 11) is -3.20. The van der Waals surface area contributed by atoms with Crippen LogP contribution in [-0.2, 0) is 14.0 Å². The SMILES string of the molecule is CC1CCC([C@H](NC(=O)OC(C)(C)C)C(=O)Nc2cc(C(CO[Si](c3ccccc3)(c3ccccc3)C(C)(C)C)N3C[C@@H](C(F)(F)F)NC3=O)ccn2)CC1. The van der Waals surface area contributed by atoms with Gasteiger partial charge in [-0.3, -0.25) is 4.79 Å². The first-order chi connectivity index (χ1) is 25.8. The average molecular weight is 782 g/mol. The molecule has 1 aromatic heterocycles. The standard InChI is InChI=1S/C41H54F3N5O5Si/c1-27-18-20-28(21-19-27)35(48-38(52)54-39(2,3)4)36(50)47-34-24-29(22-23-45-34)32(49-25-33(41(42,43)44)46-37(49)51)26-53-55(40(5,6)7,30-14-10-8-11-15-30)31-16-12-9-13-17-31/h8-17,22-24,27-28,32-33,35H,18-21,25-26H2,1-7H3,(H,46,51)(H,48,52)(H,45,47,50)/t27?,28?,32?,33-,35-/m0/s1. The number of urea groups is 1. The highest BCUT2D eigenvalue weighted by Gasteiger charge is 2.52. The van der Waals surface area contributed by atoms with E-state index in [1.54, 1.807) is 32.9 Å². The fourth-order valence-corrected chi connectivity index (χ4v) is 12.3. The Labute approximate surface area is 323 Å². The predicted octanol–water partition coefficient (Wildman–Crippen LogP) is 7.31. The highest BCUT2D eigenvalue weighted by molar-refractivity contribution is 6.99. The molecule has 0 spiro atoms. The lowest BCUT2D eigenvalue weighted by Gasteiger charge is -2.44. The summed E-state index contributed by atoms with van der Waals surface area (Å²) in [6.07, 6.45) is -0.673. The number of amides is 4. The lowest BCUT2D eigenvalue weighted by Crippen LogP contribution is -2.67. The van der Waals surface area contributed by atoms with Gasteiger partial charge in [-0.15, -0.1) is 0 Å². The highest BCUT2D eigenvalue weighted by Crippen LogP contribution is 2.39. The van der Waals surface area contributed by atoms with E-state index in [1.807, 2.05) is 60.7 Å². The number of alkyl carbamates (subject to hydrolysis) is 1. The normalized spacial score (nSPS) is 20.7. The molecule has 1 saturated carbocycles. The van der Waals surface area contributed by atoms with Crippen molar-refractivity contribution in [2.24, 2.45) is 11.8 Å². The number of alkyl halides is 3. The Bertz CT molecular complexity index is 1740. The maximum absolute atomic E-state index is 14.0. The van der Waals surface area contributed by atoms with Crippen LogP contribution in [0.25, 0.3) is 0 Å². The fourth-order valence-electron chi connectivity index (χ4n) is 7.72. The first-order valence-electron chi connectivity index (χ1n) is 18.9. The predicted molar refractivity (Wildman–Crippen MR) is 209 cm³/mol. The zero-order chi connectivity index (χ0) is 40.2. The Kier molecular flexibility index (Phi) is 12.7. The van der Waals surface area contributed by atoms with Crippen LogP contribution in [0.2, 0.25) is 5.04 Å². The number of pyridine rings is 1. The molecule has 3 atom stereocenters. The van der Waals surface area contributed by atoms with Gasteiger partial charge in [0.2, 0.25) is 5.91 Å². The van der Waals surface area contributed by atoms with Crippen LogP contribution in [0.3, 0.4) is 0 Å². The summed E-state index contributed by atoms with van der Waals surface area (Å²) in [6, 6.07) is 17.9. The third kappa shape index (κ3) is 10.1. The van der Waals surface area contributed by atoms with E-state index in [9.17, 15) is 27.6 Å². The van der Waals surface area contributed by atoms with Crippen LogP contribution in [0.1, 0.15) is 85.8 Å². The summed E-state index contributed by atoms with van der Waals surface area (Å²) in [4.78, 5) is 45.8. The van der Waals surface area contributed by atoms with Crippen molar-refractivity contribution in [1.82, 2.24) is 20.5 Å². The number of nitrogens with zero attached hydrogens (tertiary/aromatic N) is 2. The first kappa shape index (κ1) is 41.7. The van der Waals surface area contributed by atoms with Gasteiger partial charge in [-0.1, -0.05) is 101 Å². The van der Waals surface area contributed by atoms with E-state index >= 15 is 0 Å². The fraction of sp³-hybridized carbons (Fsp3) is 0.512. The number of ether oxygens (including phenoxy) is 1. The molecule has 1 aliphatic carbocycles. The van der Waals surface area contributed by atoms with Crippen molar-refractivity contribution >= 4 is 42.5 Å². The Hall–Kier alpha value is -4.43. The number of rotatable bonds is 11. The van der Waals surface area contributed by atoms with E-state index < -0.39 is 67.8 Å². The van der Waals surface area contributed by atoms with Gasteiger partial charge in [0, 0.05) is 6.20 Å². The van der Waals surface area contributed by atoms with Crippen molar-refractivity contribution in [3.63, 3.8) is 0 Å². The smallest absolute Gasteiger partial charge is 0.410 e. The molecule has 0 bridgehead atoms. The maximum atomic E-state index is 14.0. The molecule has 55 heavy (non-hydrogen) atoms. The molecule has 1 saturated heterocycles. The summed E-state index contributed by atoms with van der Waals surface area (Å²) in [5.74, 6) is -0.0222. The number of hydrogen-bond donors (Lipinski definition) is 3. The zero-order valence-corrected chi connectivity index (χ0v) is 33.7. The second kappa shape index (κ2) is 16.7. The molecule has 5 rings (SSSR count). The number of nitrogens with one attached hydrogen (secondary N) is 3. The minimum absolute atomic E-state index is 0.116. The quantitative estimate of drug-likeness (QED) is 0.176.